The van der Waals surface area contributed by atoms with Crippen LogP contribution in [-0.4, -0.2) is 62.0 Å². The highest BCUT2D eigenvalue weighted by molar-refractivity contribution is 5.79. The van der Waals surface area contributed by atoms with Crippen LogP contribution in [0.4, 0.5) is 0 Å². The zero-order chi connectivity index (χ0) is 12.6. The summed E-state index contributed by atoms with van der Waals surface area (Å²) in [6, 6.07) is 0. The largest absolute Gasteiger partial charge is 0.342 e. The summed E-state index contributed by atoms with van der Waals surface area (Å²) in [4.78, 5) is 16.9. The van der Waals surface area contributed by atoms with Gasteiger partial charge in [-0.05, 0) is 51.2 Å². The van der Waals surface area contributed by atoms with Gasteiger partial charge in [-0.3, -0.25) is 4.79 Å². The molecule has 3 fully saturated rings. The van der Waals surface area contributed by atoms with E-state index in [0.717, 1.165) is 39.0 Å². The Kier molecular flexibility index (Phi) is 3.32. The van der Waals surface area contributed by atoms with Crippen LogP contribution in [0, 0.1) is 11.3 Å². The lowest BCUT2D eigenvalue weighted by molar-refractivity contribution is -0.140. The first-order valence-electron chi connectivity index (χ1n) is 7.37. The molecule has 18 heavy (non-hydrogen) atoms. The third-order valence-electron chi connectivity index (χ3n) is 5.20. The van der Waals surface area contributed by atoms with Gasteiger partial charge in [-0.2, -0.15) is 0 Å². The molecule has 0 unspecified atom stereocenters. The van der Waals surface area contributed by atoms with Crippen molar-refractivity contribution in [3.05, 3.63) is 0 Å². The van der Waals surface area contributed by atoms with Crippen LogP contribution in [0.5, 0.6) is 0 Å². The van der Waals surface area contributed by atoms with Crippen LogP contribution < -0.4 is 5.32 Å². The second-order valence-electron chi connectivity index (χ2n) is 6.51. The molecule has 0 aromatic rings. The van der Waals surface area contributed by atoms with E-state index in [2.05, 4.69) is 22.2 Å². The van der Waals surface area contributed by atoms with E-state index in [1.165, 1.54) is 25.9 Å². The molecule has 102 valence electrons. The molecule has 3 rings (SSSR count). The van der Waals surface area contributed by atoms with E-state index >= 15 is 0 Å². The summed E-state index contributed by atoms with van der Waals surface area (Å²) in [6.45, 7) is 6.49. The summed E-state index contributed by atoms with van der Waals surface area (Å²) in [6.07, 6.45) is 4.52. The summed E-state index contributed by atoms with van der Waals surface area (Å²) in [5.41, 5.74) is 0.545. The van der Waals surface area contributed by atoms with Gasteiger partial charge in [0.1, 0.15) is 0 Å². The van der Waals surface area contributed by atoms with Crippen molar-refractivity contribution in [3.8, 4) is 0 Å². The standard InChI is InChI=1S/C14H25N3O/c1-16-6-2-12(3-7-16)13(18)17-8-4-14(5-9-17)10-15-11-14/h12,15H,2-11H2,1H3. The minimum absolute atomic E-state index is 0.301. The lowest BCUT2D eigenvalue weighted by Crippen LogP contribution is -2.59. The predicted octanol–water partition coefficient (Wildman–Crippen LogP) is 0.540. The number of amides is 1. The molecule has 3 aliphatic heterocycles. The maximum absolute atomic E-state index is 12.5. The molecule has 0 radical (unpaired) electrons. The van der Waals surface area contributed by atoms with Crippen LogP contribution in [-0.2, 0) is 4.79 Å². The minimum atomic E-state index is 0.301. The number of nitrogens with one attached hydrogen (secondary N) is 1. The fourth-order valence-corrected chi connectivity index (χ4v) is 3.55. The Morgan fingerprint density at radius 2 is 1.72 bits per heavy atom. The molecule has 3 aliphatic rings. The smallest absolute Gasteiger partial charge is 0.225 e. The highest BCUT2D eigenvalue weighted by Crippen LogP contribution is 2.35. The fraction of sp³-hybridized carbons (Fsp3) is 0.929. The highest BCUT2D eigenvalue weighted by atomic mass is 16.2. The van der Waals surface area contributed by atoms with Gasteiger partial charge in [0.25, 0.3) is 0 Å². The molecule has 0 atom stereocenters. The van der Waals surface area contributed by atoms with Gasteiger partial charge in [0, 0.05) is 32.1 Å². The third-order valence-corrected chi connectivity index (χ3v) is 5.20. The number of carbonyl (C=O) groups excluding carboxylic acids is 1. The first kappa shape index (κ1) is 12.4. The second-order valence-corrected chi connectivity index (χ2v) is 6.51. The molecule has 3 saturated heterocycles. The first-order valence-corrected chi connectivity index (χ1v) is 7.37. The molecule has 1 spiro atoms. The van der Waals surface area contributed by atoms with Crippen LogP contribution in [0.25, 0.3) is 0 Å². The number of hydrogen-bond donors (Lipinski definition) is 1. The van der Waals surface area contributed by atoms with E-state index < -0.39 is 0 Å². The molecular weight excluding hydrogens is 226 g/mol. The molecule has 4 heteroatoms. The Balaban J connectivity index is 1.51. The summed E-state index contributed by atoms with van der Waals surface area (Å²) < 4.78 is 0. The Labute approximate surface area is 110 Å². The van der Waals surface area contributed by atoms with E-state index in [1.807, 2.05) is 0 Å². The molecule has 0 bridgehead atoms. The maximum atomic E-state index is 12.5. The molecule has 1 N–H and O–H groups in total. The van der Waals surface area contributed by atoms with E-state index in [0.29, 0.717) is 17.2 Å². The maximum Gasteiger partial charge on any atom is 0.225 e. The monoisotopic (exact) mass is 251 g/mol. The average Bonchev–Trinajstić information content (AvgIpc) is 2.37. The van der Waals surface area contributed by atoms with Crippen molar-refractivity contribution in [2.75, 3.05) is 46.3 Å². The van der Waals surface area contributed by atoms with E-state index in [1.54, 1.807) is 0 Å². The Morgan fingerprint density at radius 1 is 1.11 bits per heavy atom. The first-order chi connectivity index (χ1) is 8.69. The SMILES string of the molecule is CN1CCC(C(=O)N2CCC3(CC2)CNC3)CC1. The van der Waals surface area contributed by atoms with E-state index in [9.17, 15) is 4.79 Å². The van der Waals surface area contributed by atoms with Crippen molar-refractivity contribution in [1.29, 1.82) is 0 Å². The van der Waals surface area contributed by atoms with Gasteiger partial charge in [-0.25, -0.2) is 0 Å². The average molecular weight is 251 g/mol. The fourth-order valence-electron chi connectivity index (χ4n) is 3.55. The van der Waals surface area contributed by atoms with Gasteiger partial charge in [0.15, 0.2) is 0 Å². The molecule has 0 aromatic heterocycles. The molecular formula is C14H25N3O. The number of nitrogens with zero attached hydrogens (tertiary/aromatic N) is 2. The van der Waals surface area contributed by atoms with Crippen LogP contribution in [0.15, 0.2) is 0 Å². The Morgan fingerprint density at radius 3 is 2.22 bits per heavy atom. The topological polar surface area (TPSA) is 35.6 Å². The number of carbonyl (C=O) groups is 1. The molecule has 0 aliphatic carbocycles. The predicted molar refractivity (Wildman–Crippen MR) is 71.3 cm³/mol. The zero-order valence-corrected chi connectivity index (χ0v) is 11.5. The van der Waals surface area contributed by atoms with Crippen LogP contribution in [0.2, 0.25) is 0 Å². The van der Waals surface area contributed by atoms with Gasteiger partial charge in [0.2, 0.25) is 5.91 Å². The molecule has 0 aromatic carbocycles. The summed E-state index contributed by atoms with van der Waals surface area (Å²) in [5, 5.41) is 3.37. The van der Waals surface area contributed by atoms with Gasteiger partial charge >= 0.3 is 0 Å². The number of hydrogen-bond acceptors (Lipinski definition) is 3. The van der Waals surface area contributed by atoms with Crippen molar-refractivity contribution in [2.45, 2.75) is 25.7 Å². The van der Waals surface area contributed by atoms with Gasteiger partial charge in [0.05, 0.1) is 0 Å². The lowest BCUT2D eigenvalue weighted by Gasteiger charge is -2.49. The number of piperidine rings is 2. The summed E-state index contributed by atoms with van der Waals surface area (Å²) in [5.74, 6) is 0.736. The summed E-state index contributed by atoms with van der Waals surface area (Å²) >= 11 is 0. The van der Waals surface area contributed by atoms with Crippen LogP contribution in [0.3, 0.4) is 0 Å². The van der Waals surface area contributed by atoms with Crippen LogP contribution in [0.1, 0.15) is 25.7 Å². The van der Waals surface area contributed by atoms with Gasteiger partial charge in [-0.15, -0.1) is 0 Å². The minimum Gasteiger partial charge on any atom is -0.342 e. The Bertz CT molecular complexity index is 309. The van der Waals surface area contributed by atoms with E-state index in [-0.39, 0.29) is 0 Å². The number of rotatable bonds is 1. The number of likely N-dealkylation sites (tertiary alicyclic amines) is 2. The third kappa shape index (κ3) is 2.28. The molecule has 1 amide bonds. The second kappa shape index (κ2) is 4.82. The van der Waals surface area contributed by atoms with Crippen molar-refractivity contribution in [1.82, 2.24) is 15.1 Å². The molecule has 4 nitrogen and oxygen atoms in total. The van der Waals surface area contributed by atoms with Crippen molar-refractivity contribution >= 4 is 5.91 Å². The summed E-state index contributed by atoms with van der Waals surface area (Å²) in [7, 11) is 2.15. The van der Waals surface area contributed by atoms with Crippen molar-refractivity contribution in [3.63, 3.8) is 0 Å². The van der Waals surface area contributed by atoms with Crippen LogP contribution >= 0.6 is 0 Å². The Hall–Kier alpha value is -0.610. The normalized spacial score (nSPS) is 29.3. The lowest BCUT2D eigenvalue weighted by atomic mass is 9.73. The van der Waals surface area contributed by atoms with Gasteiger partial charge in [-0.1, -0.05) is 0 Å². The highest BCUT2D eigenvalue weighted by Gasteiger charge is 2.41. The van der Waals surface area contributed by atoms with E-state index in [4.69, 9.17) is 0 Å². The van der Waals surface area contributed by atoms with Gasteiger partial charge < -0.3 is 15.1 Å². The quantitative estimate of drug-likeness (QED) is 0.739. The van der Waals surface area contributed by atoms with Crippen molar-refractivity contribution in [2.24, 2.45) is 11.3 Å². The van der Waals surface area contributed by atoms with Crippen molar-refractivity contribution < 1.29 is 4.79 Å². The molecule has 3 heterocycles. The molecule has 0 saturated carbocycles. The zero-order valence-electron chi connectivity index (χ0n) is 11.5.